The molecule has 0 radical (unpaired) electrons. The van der Waals surface area contributed by atoms with Crippen LogP contribution in [0.2, 0.25) is 0 Å². The van der Waals surface area contributed by atoms with Crippen molar-refractivity contribution in [1.29, 1.82) is 0 Å². The van der Waals surface area contributed by atoms with E-state index in [1.54, 1.807) is 12.1 Å². The van der Waals surface area contributed by atoms with Crippen molar-refractivity contribution in [2.45, 2.75) is 0 Å². The molecule has 0 aliphatic heterocycles. The summed E-state index contributed by atoms with van der Waals surface area (Å²) >= 11 is 3.37. The highest BCUT2D eigenvalue weighted by Crippen LogP contribution is 2.17. The van der Waals surface area contributed by atoms with Crippen molar-refractivity contribution < 1.29 is 9.53 Å². The monoisotopic (exact) mass is 373 g/mol. The van der Waals surface area contributed by atoms with Gasteiger partial charge in [-0.3, -0.25) is 4.79 Å². The number of carbonyl (C=O) groups is 1. The molecule has 0 bridgehead atoms. The fraction of sp³-hybridized carbons (Fsp3) is 0.211. The van der Waals surface area contributed by atoms with Crippen molar-refractivity contribution in [2.24, 2.45) is 0 Å². The molecular weight excluding hydrogens is 354 g/mol. The Morgan fingerprint density at radius 3 is 2.13 bits per heavy atom. The van der Waals surface area contributed by atoms with Crippen LogP contribution in [0.1, 0.15) is 15.9 Å². The van der Waals surface area contributed by atoms with E-state index in [2.05, 4.69) is 26.9 Å². The van der Waals surface area contributed by atoms with Gasteiger partial charge in [0.2, 0.25) is 0 Å². The molecule has 0 saturated heterocycles. The molecule has 3 nitrogen and oxygen atoms in total. The Kier molecular flexibility index (Phi) is 6.56. The SMILES string of the molecule is CN(C)CC=CCOc1ccc(C(=O)c2ccc(Br)cc2)cc1. The minimum atomic E-state index is 0.00919. The predicted octanol–water partition coefficient (Wildman–Crippen LogP) is 4.18. The standard InChI is InChI=1S/C19H20BrNO2/c1-21(2)13-3-4-14-23-18-11-7-16(8-12-18)19(22)15-5-9-17(20)10-6-15/h3-12H,13-14H2,1-2H3. The summed E-state index contributed by atoms with van der Waals surface area (Å²) in [6.45, 7) is 1.41. The Morgan fingerprint density at radius 1 is 1.00 bits per heavy atom. The van der Waals surface area contributed by atoms with Crippen LogP contribution in [0.15, 0.2) is 65.2 Å². The lowest BCUT2D eigenvalue weighted by atomic mass is 10.0. The summed E-state index contributed by atoms with van der Waals surface area (Å²) in [7, 11) is 4.04. The van der Waals surface area contributed by atoms with Crippen LogP contribution in [0.5, 0.6) is 5.75 Å². The van der Waals surface area contributed by atoms with E-state index in [-0.39, 0.29) is 5.78 Å². The quantitative estimate of drug-likeness (QED) is 0.538. The summed E-state index contributed by atoms with van der Waals surface area (Å²) in [5.41, 5.74) is 1.33. The van der Waals surface area contributed by atoms with Crippen LogP contribution in [-0.4, -0.2) is 37.9 Å². The molecule has 4 heteroatoms. The van der Waals surface area contributed by atoms with Gasteiger partial charge in [-0.2, -0.15) is 0 Å². The maximum absolute atomic E-state index is 12.4. The molecule has 2 rings (SSSR count). The molecule has 0 aromatic heterocycles. The molecule has 0 saturated carbocycles. The molecule has 0 spiro atoms. The zero-order chi connectivity index (χ0) is 16.7. The van der Waals surface area contributed by atoms with E-state index in [4.69, 9.17) is 4.74 Å². The Hall–Kier alpha value is -1.91. The lowest BCUT2D eigenvalue weighted by Gasteiger charge is -2.06. The molecule has 0 atom stereocenters. The van der Waals surface area contributed by atoms with Crippen LogP contribution in [0.25, 0.3) is 0 Å². The van der Waals surface area contributed by atoms with E-state index in [0.29, 0.717) is 17.7 Å². The second-order valence-corrected chi connectivity index (χ2v) is 6.32. The minimum absolute atomic E-state index is 0.00919. The first-order valence-electron chi connectivity index (χ1n) is 7.39. The Balaban J connectivity index is 1.92. The van der Waals surface area contributed by atoms with Gasteiger partial charge in [0.15, 0.2) is 5.78 Å². The lowest BCUT2D eigenvalue weighted by Crippen LogP contribution is -2.10. The Bertz CT molecular complexity index is 661. The first kappa shape index (κ1) is 17.4. The summed E-state index contributed by atoms with van der Waals surface area (Å²) < 4.78 is 6.58. The van der Waals surface area contributed by atoms with Gasteiger partial charge < -0.3 is 9.64 Å². The van der Waals surface area contributed by atoms with Crippen molar-refractivity contribution in [3.63, 3.8) is 0 Å². The number of ether oxygens (including phenoxy) is 1. The summed E-state index contributed by atoms with van der Waals surface area (Å²) in [6.07, 6.45) is 4.05. The maximum atomic E-state index is 12.4. The van der Waals surface area contributed by atoms with E-state index < -0.39 is 0 Å². The smallest absolute Gasteiger partial charge is 0.193 e. The van der Waals surface area contributed by atoms with Crippen molar-refractivity contribution in [3.05, 3.63) is 76.3 Å². The molecule has 0 amide bonds. The van der Waals surface area contributed by atoms with Crippen molar-refractivity contribution in [1.82, 2.24) is 4.90 Å². The fourth-order valence-electron chi connectivity index (χ4n) is 1.97. The number of likely N-dealkylation sites (N-methyl/N-ethyl adjacent to an activating group) is 1. The van der Waals surface area contributed by atoms with Gasteiger partial charge in [-0.1, -0.05) is 28.1 Å². The zero-order valence-electron chi connectivity index (χ0n) is 13.3. The summed E-state index contributed by atoms with van der Waals surface area (Å²) in [4.78, 5) is 14.4. The lowest BCUT2D eigenvalue weighted by molar-refractivity contribution is 0.103. The molecule has 120 valence electrons. The maximum Gasteiger partial charge on any atom is 0.193 e. The average molecular weight is 374 g/mol. The number of nitrogens with zero attached hydrogens (tertiary/aromatic N) is 1. The highest BCUT2D eigenvalue weighted by molar-refractivity contribution is 9.10. The van der Waals surface area contributed by atoms with Crippen LogP contribution in [0, 0.1) is 0 Å². The van der Waals surface area contributed by atoms with E-state index in [0.717, 1.165) is 16.8 Å². The van der Waals surface area contributed by atoms with E-state index >= 15 is 0 Å². The second kappa shape index (κ2) is 8.65. The van der Waals surface area contributed by atoms with Gasteiger partial charge in [0.1, 0.15) is 12.4 Å². The number of rotatable bonds is 7. The molecule has 0 fully saturated rings. The van der Waals surface area contributed by atoms with Gasteiger partial charge in [-0.25, -0.2) is 0 Å². The number of hydrogen-bond donors (Lipinski definition) is 0. The number of benzene rings is 2. The predicted molar refractivity (Wildman–Crippen MR) is 97.2 cm³/mol. The van der Waals surface area contributed by atoms with Gasteiger partial charge in [0, 0.05) is 22.1 Å². The summed E-state index contributed by atoms with van der Waals surface area (Å²) in [5, 5.41) is 0. The Labute approximate surface area is 145 Å². The summed E-state index contributed by atoms with van der Waals surface area (Å²) in [5.74, 6) is 0.766. The molecule has 0 unspecified atom stereocenters. The van der Waals surface area contributed by atoms with Gasteiger partial charge in [-0.05, 0) is 62.6 Å². The molecule has 0 N–H and O–H groups in total. The van der Waals surface area contributed by atoms with Gasteiger partial charge in [-0.15, -0.1) is 0 Å². The molecular formula is C19H20BrNO2. The van der Waals surface area contributed by atoms with E-state index in [9.17, 15) is 4.79 Å². The third-order valence-electron chi connectivity index (χ3n) is 3.21. The number of carbonyl (C=O) groups excluding carboxylic acids is 1. The second-order valence-electron chi connectivity index (χ2n) is 5.41. The highest BCUT2D eigenvalue weighted by atomic mass is 79.9. The molecule has 2 aromatic carbocycles. The van der Waals surface area contributed by atoms with Crippen LogP contribution in [-0.2, 0) is 0 Å². The van der Waals surface area contributed by atoms with E-state index in [1.807, 2.05) is 56.6 Å². The fourth-order valence-corrected chi connectivity index (χ4v) is 2.23. The third kappa shape index (κ3) is 5.66. The largest absolute Gasteiger partial charge is 0.490 e. The first-order valence-corrected chi connectivity index (χ1v) is 8.18. The van der Waals surface area contributed by atoms with Gasteiger partial charge in [0.25, 0.3) is 0 Å². The van der Waals surface area contributed by atoms with E-state index in [1.165, 1.54) is 0 Å². The number of halogens is 1. The van der Waals surface area contributed by atoms with Gasteiger partial charge >= 0.3 is 0 Å². The highest BCUT2D eigenvalue weighted by Gasteiger charge is 2.08. The summed E-state index contributed by atoms with van der Waals surface area (Å²) in [6, 6.07) is 14.6. The van der Waals surface area contributed by atoms with Crippen molar-refractivity contribution in [2.75, 3.05) is 27.2 Å². The molecule has 0 aliphatic rings. The van der Waals surface area contributed by atoms with Crippen LogP contribution >= 0.6 is 15.9 Å². The Morgan fingerprint density at radius 2 is 1.57 bits per heavy atom. The zero-order valence-corrected chi connectivity index (χ0v) is 14.9. The number of ketones is 1. The molecule has 0 heterocycles. The van der Waals surface area contributed by atoms with Crippen LogP contribution in [0.3, 0.4) is 0 Å². The topological polar surface area (TPSA) is 29.5 Å². The normalized spacial score (nSPS) is 11.1. The van der Waals surface area contributed by atoms with Crippen LogP contribution < -0.4 is 4.74 Å². The van der Waals surface area contributed by atoms with Crippen molar-refractivity contribution in [3.8, 4) is 5.75 Å². The minimum Gasteiger partial charge on any atom is -0.490 e. The van der Waals surface area contributed by atoms with Crippen LogP contribution in [0.4, 0.5) is 0 Å². The first-order chi connectivity index (χ1) is 11.1. The molecule has 0 aliphatic carbocycles. The molecule has 23 heavy (non-hydrogen) atoms. The molecule has 2 aromatic rings. The number of hydrogen-bond acceptors (Lipinski definition) is 3. The van der Waals surface area contributed by atoms with Gasteiger partial charge in [0.05, 0.1) is 0 Å². The van der Waals surface area contributed by atoms with Crippen molar-refractivity contribution >= 4 is 21.7 Å². The average Bonchev–Trinajstić information content (AvgIpc) is 2.55. The third-order valence-corrected chi connectivity index (χ3v) is 3.74.